The zero-order chi connectivity index (χ0) is 24.9. The molecule has 178 valence electrons. The van der Waals surface area contributed by atoms with Crippen LogP contribution in [0.3, 0.4) is 0 Å². The molecular weight excluding hydrogens is 472 g/mol. The van der Waals surface area contributed by atoms with Crippen LogP contribution >= 0.6 is 11.6 Å². The van der Waals surface area contributed by atoms with Crippen LogP contribution in [0, 0.1) is 6.92 Å². The number of nitrogens with zero attached hydrogens (tertiary/aromatic N) is 1. The Balaban J connectivity index is 1.59. The van der Waals surface area contributed by atoms with Crippen LogP contribution in [-0.4, -0.2) is 22.5 Å². The third-order valence-electron chi connectivity index (χ3n) is 5.25. The van der Waals surface area contributed by atoms with Gasteiger partial charge in [-0.15, -0.1) is 0 Å². The maximum atomic E-state index is 12.7. The van der Waals surface area contributed by atoms with E-state index in [1.807, 2.05) is 12.1 Å². The lowest BCUT2D eigenvalue weighted by Crippen LogP contribution is -2.17. The number of halogens is 1. The maximum absolute atomic E-state index is 12.7. The first-order chi connectivity index (χ1) is 16.8. The second-order valence-corrected chi connectivity index (χ2v) is 8.01. The van der Waals surface area contributed by atoms with Crippen molar-refractivity contribution in [2.45, 2.75) is 20.0 Å². The Morgan fingerprint density at radius 1 is 1.03 bits per heavy atom. The summed E-state index contributed by atoms with van der Waals surface area (Å²) in [5.41, 5.74) is 3.35. The molecule has 0 aliphatic heterocycles. The van der Waals surface area contributed by atoms with Crippen LogP contribution in [0.15, 0.2) is 77.3 Å². The molecule has 0 fully saturated rings. The first-order valence-corrected chi connectivity index (χ1v) is 11.0. The zero-order valence-electron chi connectivity index (χ0n) is 18.8. The van der Waals surface area contributed by atoms with Crippen LogP contribution in [0.2, 0.25) is 5.02 Å². The van der Waals surface area contributed by atoms with E-state index in [-0.39, 0.29) is 5.75 Å². The summed E-state index contributed by atoms with van der Waals surface area (Å²) in [5.74, 6) is 0.589. The number of hydrogen-bond acceptors (Lipinski definition) is 6. The fraction of sp³-hybridized carbons (Fsp3) is 0.115. The van der Waals surface area contributed by atoms with E-state index in [2.05, 4.69) is 10.5 Å². The van der Waals surface area contributed by atoms with Gasteiger partial charge in [0.15, 0.2) is 5.76 Å². The molecule has 0 saturated heterocycles. The van der Waals surface area contributed by atoms with Crippen molar-refractivity contribution in [1.29, 1.82) is 0 Å². The average molecular weight is 493 g/mol. The van der Waals surface area contributed by atoms with Crippen LogP contribution in [0.25, 0.3) is 22.4 Å². The molecule has 1 aromatic heterocycles. The molecule has 4 rings (SSSR count). The molecular formula is C26H21ClN2O6. The molecule has 0 aliphatic carbocycles. The summed E-state index contributed by atoms with van der Waals surface area (Å²) in [5, 5.41) is 16.4. The third-order valence-corrected chi connectivity index (χ3v) is 5.59. The quantitative estimate of drug-likeness (QED) is 0.214. The van der Waals surface area contributed by atoms with Crippen molar-refractivity contribution < 1.29 is 28.7 Å². The molecule has 1 heterocycles. The summed E-state index contributed by atoms with van der Waals surface area (Å²) in [7, 11) is 0. The SMILES string of the molecule is Cc1onc(-c2cccc(-c3ccccc3OC(=O)O)c2)c1NC(=O)OC(C)c1ccccc1Cl. The minimum Gasteiger partial charge on any atom is -0.449 e. The number of ether oxygens (including phenoxy) is 2. The number of carbonyl (C=O) groups excluding carboxylic acids is 1. The molecule has 1 unspecified atom stereocenters. The number of amides is 1. The molecule has 9 heteroatoms. The molecule has 2 N–H and O–H groups in total. The van der Waals surface area contributed by atoms with Gasteiger partial charge in [-0.05, 0) is 37.6 Å². The number of para-hydroxylation sites is 1. The largest absolute Gasteiger partial charge is 0.511 e. The van der Waals surface area contributed by atoms with Gasteiger partial charge in [0.1, 0.15) is 23.2 Å². The van der Waals surface area contributed by atoms with E-state index in [1.54, 1.807) is 74.5 Å². The van der Waals surface area contributed by atoms with Crippen LogP contribution in [-0.2, 0) is 4.74 Å². The fourth-order valence-corrected chi connectivity index (χ4v) is 3.89. The maximum Gasteiger partial charge on any atom is 0.511 e. The Bertz CT molecular complexity index is 1380. The Morgan fingerprint density at radius 3 is 2.51 bits per heavy atom. The molecule has 8 nitrogen and oxygen atoms in total. The minimum absolute atomic E-state index is 0.198. The van der Waals surface area contributed by atoms with Gasteiger partial charge in [0.25, 0.3) is 0 Å². The number of aromatic nitrogens is 1. The lowest BCUT2D eigenvalue weighted by molar-refractivity contribution is 0.121. The van der Waals surface area contributed by atoms with Crippen LogP contribution in [0.1, 0.15) is 24.4 Å². The van der Waals surface area contributed by atoms with Gasteiger partial charge in [-0.25, -0.2) is 9.59 Å². The van der Waals surface area contributed by atoms with E-state index < -0.39 is 18.4 Å². The Hall–Kier alpha value is -4.30. The summed E-state index contributed by atoms with van der Waals surface area (Å²) in [6, 6.07) is 21.1. The summed E-state index contributed by atoms with van der Waals surface area (Å²) in [6.45, 7) is 3.39. The highest BCUT2D eigenvalue weighted by atomic mass is 35.5. The predicted molar refractivity (Wildman–Crippen MR) is 131 cm³/mol. The second kappa shape index (κ2) is 10.3. The van der Waals surface area contributed by atoms with Crippen molar-refractivity contribution in [2.24, 2.45) is 0 Å². The van der Waals surface area contributed by atoms with Gasteiger partial charge >= 0.3 is 12.2 Å². The molecule has 1 amide bonds. The summed E-state index contributed by atoms with van der Waals surface area (Å²) < 4.78 is 15.8. The van der Waals surface area contributed by atoms with Gasteiger partial charge in [0.2, 0.25) is 0 Å². The van der Waals surface area contributed by atoms with Crippen molar-refractivity contribution >= 4 is 29.5 Å². The van der Waals surface area contributed by atoms with Gasteiger partial charge in [0, 0.05) is 21.7 Å². The molecule has 0 aliphatic rings. The normalized spacial score (nSPS) is 11.5. The Labute approximate surface area is 206 Å². The highest BCUT2D eigenvalue weighted by Crippen LogP contribution is 2.36. The van der Waals surface area contributed by atoms with Crippen molar-refractivity contribution in [3.05, 3.63) is 89.1 Å². The number of rotatable bonds is 6. The Kier molecular flexibility index (Phi) is 7.03. The number of carboxylic acid groups (broad SMARTS) is 1. The number of anilines is 1. The predicted octanol–water partition coefficient (Wildman–Crippen LogP) is 7.34. The molecule has 4 aromatic rings. The van der Waals surface area contributed by atoms with Gasteiger partial charge in [0.05, 0.1) is 0 Å². The Morgan fingerprint density at radius 2 is 1.74 bits per heavy atom. The molecule has 0 spiro atoms. The average Bonchev–Trinajstić information content (AvgIpc) is 3.19. The lowest BCUT2D eigenvalue weighted by Gasteiger charge is -2.15. The van der Waals surface area contributed by atoms with E-state index in [0.717, 1.165) is 0 Å². The molecule has 3 aromatic carbocycles. The lowest BCUT2D eigenvalue weighted by atomic mass is 10.0. The summed E-state index contributed by atoms with van der Waals surface area (Å²) in [6.07, 6.45) is -2.68. The standard InChI is InChI=1S/C26H21ClN2O6/c1-15(19-10-3-5-12-21(19)27)33-25(30)28-23-16(2)35-29-24(23)18-9-7-8-17(14-18)20-11-4-6-13-22(20)34-26(31)32/h3-15H,1-2H3,(H,28,30)(H,31,32). The highest BCUT2D eigenvalue weighted by Gasteiger charge is 2.21. The van der Waals surface area contributed by atoms with E-state index >= 15 is 0 Å². The van der Waals surface area contributed by atoms with Gasteiger partial charge in [-0.1, -0.05) is 71.4 Å². The number of nitrogens with one attached hydrogen (secondary N) is 1. The van der Waals surface area contributed by atoms with Crippen molar-refractivity contribution in [3.63, 3.8) is 0 Å². The molecule has 0 bridgehead atoms. The number of hydrogen-bond donors (Lipinski definition) is 2. The van der Waals surface area contributed by atoms with Gasteiger partial charge < -0.3 is 19.1 Å². The van der Waals surface area contributed by atoms with Crippen LogP contribution in [0.4, 0.5) is 15.3 Å². The van der Waals surface area contributed by atoms with Crippen LogP contribution in [0.5, 0.6) is 5.75 Å². The molecule has 0 saturated carbocycles. The minimum atomic E-state index is -1.41. The molecule has 0 radical (unpaired) electrons. The van der Waals surface area contributed by atoms with E-state index in [4.69, 9.17) is 30.7 Å². The summed E-state index contributed by atoms with van der Waals surface area (Å²) >= 11 is 6.20. The summed E-state index contributed by atoms with van der Waals surface area (Å²) in [4.78, 5) is 23.7. The smallest absolute Gasteiger partial charge is 0.449 e. The number of carbonyl (C=O) groups is 2. The molecule has 1 atom stereocenters. The first-order valence-electron chi connectivity index (χ1n) is 10.6. The van der Waals surface area contributed by atoms with Crippen molar-refractivity contribution in [3.8, 4) is 28.1 Å². The second-order valence-electron chi connectivity index (χ2n) is 7.60. The number of aryl methyl sites for hydroxylation is 1. The third kappa shape index (κ3) is 5.44. The van der Waals surface area contributed by atoms with Crippen molar-refractivity contribution in [2.75, 3.05) is 5.32 Å². The van der Waals surface area contributed by atoms with E-state index in [0.29, 0.717) is 44.4 Å². The van der Waals surface area contributed by atoms with Gasteiger partial charge in [-0.2, -0.15) is 0 Å². The van der Waals surface area contributed by atoms with Gasteiger partial charge in [-0.3, -0.25) is 5.32 Å². The van der Waals surface area contributed by atoms with Crippen LogP contribution < -0.4 is 10.1 Å². The molecule has 35 heavy (non-hydrogen) atoms. The van der Waals surface area contributed by atoms with Crippen molar-refractivity contribution in [1.82, 2.24) is 5.16 Å². The monoisotopic (exact) mass is 492 g/mol. The zero-order valence-corrected chi connectivity index (χ0v) is 19.6. The fourth-order valence-electron chi connectivity index (χ4n) is 3.60. The highest BCUT2D eigenvalue weighted by molar-refractivity contribution is 6.31. The first kappa shape index (κ1) is 23.8. The number of benzene rings is 3. The van der Waals surface area contributed by atoms with E-state index in [1.165, 1.54) is 0 Å². The van der Waals surface area contributed by atoms with E-state index in [9.17, 15) is 9.59 Å². The topological polar surface area (TPSA) is 111 Å².